The van der Waals surface area contributed by atoms with Crippen LogP contribution in [0.15, 0.2) is 18.2 Å². The molecule has 0 fully saturated rings. The lowest BCUT2D eigenvalue weighted by Crippen LogP contribution is -2.36. The Morgan fingerprint density at radius 2 is 2.18 bits per heavy atom. The highest BCUT2D eigenvalue weighted by molar-refractivity contribution is 6.30. The third-order valence-corrected chi connectivity index (χ3v) is 2.81. The van der Waals surface area contributed by atoms with E-state index >= 15 is 0 Å². The summed E-state index contributed by atoms with van der Waals surface area (Å²) in [5.41, 5.74) is 0.482. The van der Waals surface area contributed by atoms with E-state index in [1.807, 2.05) is 13.8 Å². The standard InChI is InChI=1S/C12H16ClNO3/c1-12(2,7-14-11(15)16)9-6-8(13)4-5-10(9)17-3/h4-6,14H,7H2,1-3H3,(H,15,16). The fourth-order valence-electron chi connectivity index (χ4n) is 1.60. The number of carboxylic acid groups (broad SMARTS) is 1. The van der Waals surface area contributed by atoms with Gasteiger partial charge in [-0.3, -0.25) is 0 Å². The first kappa shape index (κ1) is 13.6. The van der Waals surface area contributed by atoms with Crippen LogP contribution in [-0.2, 0) is 5.41 Å². The fourth-order valence-corrected chi connectivity index (χ4v) is 1.77. The SMILES string of the molecule is COc1ccc(Cl)cc1C(C)(C)CNC(=O)O. The smallest absolute Gasteiger partial charge is 0.404 e. The van der Waals surface area contributed by atoms with Crippen molar-refractivity contribution in [1.82, 2.24) is 5.32 Å². The maximum Gasteiger partial charge on any atom is 0.404 e. The minimum absolute atomic E-state index is 0.291. The topological polar surface area (TPSA) is 58.6 Å². The molecule has 0 heterocycles. The zero-order valence-electron chi connectivity index (χ0n) is 10.1. The Morgan fingerprint density at radius 1 is 1.53 bits per heavy atom. The van der Waals surface area contributed by atoms with Crippen molar-refractivity contribution in [3.8, 4) is 5.75 Å². The van der Waals surface area contributed by atoms with Crippen LogP contribution >= 0.6 is 11.6 Å². The molecular formula is C12H16ClNO3. The molecule has 4 nitrogen and oxygen atoms in total. The molecule has 0 aliphatic carbocycles. The number of halogens is 1. The summed E-state index contributed by atoms with van der Waals surface area (Å²) in [7, 11) is 1.58. The van der Waals surface area contributed by atoms with E-state index in [2.05, 4.69) is 5.32 Å². The summed E-state index contributed by atoms with van der Waals surface area (Å²) >= 11 is 5.95. The van der Waals surface area contributed by atoms with Crippen LogP contribution in [0.1, 0.15) is 19.4 Å². The number of hydrogen-bond donors (Lipinski definition) is 2. The molecule has 1 aromatic rings. The van der Waals surface area contributed by atoms with Crippen molar-refractivity contribution in [3.05, 3.63) is 28.8 Å². The maximum atomic E-state index is 10.5. The third kappa shape index (κ3) is 3.53. The second kappa shape index (κ2) is 5.27. The van der Waals surface area contributed by atoms with Gasteiger partial charge in [-0.15, -0.1) is 0 Å². The van der Waals surface area contributed by atoms with E-state index in [1.165, 1.54) is 0 Å². The van der Waals surface area contributed by atoms with Crippen LogP contribution in [0.25, 0.3) is 0 Å². The largest absolute Gasteiger partial charge is 0.496 e. The number of benzene rings is 1. The summed E-state index contributed by atoms with van der Waals surface area (Å²) in [5.74, 6) is 0.701. The molecular weight excluding hydrogens is 242 g/mol. The summed E-state index contributed by atoms with van der Waals surface area (Å²) in [5, 5.41) is 11.6. The van der Waals surface area contributed by atoms with Crippen molar-refractivity contribution >= 4 is 17.7 Å². The minimum atomic E-state index is -1.04. The molecule has 94 valence electrons. The monoisotopic (exact) mass is 257 g/mol. The second-order valence-corrected chi connectivity index (χ2v) is 4.82. The van der Waals surface area contributed by atoms with Crippen molar-refractivity contribution < 1.29 is 14.6 Å². The van der Waals surface area contributed by atoms with E-state index in [-0.39, 0.29) is 0 Å². The van der Waals surface area contributed by atoms with Crippen LogP contribution in [-0.4, -0.2) is 24.9 Å². The predicted octanol–water partition coefficient (Wildman–Crippen LogP) is 2.89. The zero-order chi connectivity index (χ0) is 13.1. The van der Waals surface area contributed by atoms with Crippen molar-refractivity contribution in [1.29, 1.82) is 0 Å². The first-order chi connectivity index (χ1) is 7.86. The first-order valence-electron chi connectivity index (χ1n) is 5.17. The molecule has 0 radical (unpaired) electrons. The van der Waals surface area contributed by atoms with Gasteiger partial charge >= 0.3 is 6.09 Å². The fraction of sp³-hybridized carbons (Fsp3) is 0.417. The van der Waals surface area contributed by atoms with E-state index in [9.17, 15) is 4.79 Å². The zero-order valence-corrected chi connectivity index (χ0v) is 10.8. The van der Waals surface area contributed by atoms with Gasteiger partial charge in [0.05, 0.1) is 7.11 Å². The molecule has 5 heteroatoms. The van der Waals surface area contributed by atoms with Crippen LogP contribution < -0.4 is 10.1 Å². The van der Waals surface area contributed by atoms with Crippen LogP contribution in [0.2, 0.25) is 5.02 Å². The van der Waals surface area contributed by atoms with Crippen molar-refractivity contribution in [2.24, 2.45) is 0 Å². The Labute approximate surface area is 106 Å². The van der Waals surface area contributed by atoms with Gasteiger partial charge in [-0.2, -0.15) is 0 Å². The summed E-state index contributed by atoms with van der Waals surface area (Å²) < 4.78 is 5.26. The molecule has 0 aliphatic heterocycles. The van der Waals surface area contributed by atoms with Gasteiger partial charge in [0.15, 0.2) is 0 Å². The van der Waals surface area contributed by atoms with Crippen molar-refractivity contribution in [2.75, 3.05) is 13.7 Å². The highest BCUT2D eigenvalue weighted by Crippen LogP contribution is 2.33. The lowest BCUT2D eigenvalue weighted by atomic mass is 9.84. The van der Waals surface area contributed by atoms with E-state index in [0.717, 1.165) is 5.56 Å². The molecule has 0 spiro atoms. The first-order valence-corrected chi connectivity index (χ1v) is 5.55. The van der Waals surface area contributed by atoms with Crippen LogP contribution in [0.3, 0.4) is 0 Å². The maximum absolute atomic E-state index is 10.5. The Bertz CT molecular complexity index is 418. The summed E-state index contributed by atoms with van der Waals surface area (Å²) in [6.07, 6.45) is -1.04. The number of hydrogen-bond acceptors (Lipinski definition) is 2. The van der Waals surface area contributed by atoms with Gasteiger partial charge in [-0.1, -0.05) is 25.4 Å². The Hall–Kier alpha value is -1.42. The molecule has 0 saturated carbocycles. The number of rotatable bonds is 4. The third-order valence-electron chi connectivity index (χ3n) is 2.57. The molecule has 1 aromatic carbocycles. The Balaban J connectivity index is 3.03. The number of ether oxygens (including phenoxy) is 1. The van der Waals surface area contributed by atoms with E-state index < -0.39 is 11.5 Å². The number of methoxy groups -OCH3 is 1. The molecule has 0 atom stereocenters. The highest BCUT2D eigenvalue weighted by atomic mass is 35.5. The lowest BCUT2D eigenvalue weighted by Gasteiger charge is -2.27. The van der Waals surface area contributed by atoms with Gasteiger partial charge in [-0.25, -0.2) is 4.79 Å². The lowest BCUT2D eigenvalue weighted by molar-refractivity contribution is 0.191. The molecule has 0 aromatic heterocycles. The van der Waals surface area contributed by atoms with Gasteiger partial charge < -0.3 is 15.2 Å². The predicted molar refractivity (Wildman–Crippen MR) is 67.1 cm³/mol. The summed E-state index contributed by atoms with van der Waals surface area (Å²) in [6, 6.07) is 5.31. The number of carbonyl (C=O) groups is 1. The van der Waals surface area contributed by atoms with Crippen molar-refractivity contribution in [3.63, 3.8) is 0 Å². The molecule has 0 aliphatic rings. The molecule has 1 rings (SSSR count). The van der Waals surface area contributed by atoms with E-state index in [1.54, 1.807) is 25.3 Å². The molecule has 17 heavy (non-hydrogen) atoms. The van der Waals surface area contributed by atoms with Crippen molar-refractivity contribution in [2.45, 2.75) is 19.3 Å². The number of nitrogens with one attached hydrogen (secondary N) is 1. The number of amides is 1. The quantitative estimate of drug-likeness (QED) is 0.872. The van der Waals surface area contributed by atoms with Gasteiger partial charge in [-0.05, 0) is 18.2 Å². The summed E-state index contributed by atoms with van der Waals surface area (Å²) in [4.78, 5) is 10.5. The summed E-state index contributed by atoms with van der Waals surface area (Å²) in [6.45, 7) is 4.15. The minimum Gasteiger partial charge on any atom is -0.496 e. The van der Waals surface area contributed by atoms with E-state index in [0.29, 0.717) is 17.3 Å². The molecule has 0 bridgehead atoms. The van der Waals surface area contributed by atoms with E-state index in [4.69, 9.17) is 21.4 Å². The van der Waals surface area contributed by atoms with Gasteiger partial charge in [0.2, 0.25) is 0 Å². The average Bonchev–Trinajstić information content (AvgIpc) is 2.26. The molecule has 0 saturated heterocycles. The van der Waals surface area contributed by atoms with Gasteiger partial charge in [0, 0.05) is 22.5 Å². The van der Waals surface area contributed by atoms with Crippen LogP contribution in [0.5, 0.6) is 5.75 Å². The molecule has 2 N–H and O–H groups in total. The highest BCUT2D eigenvalue weighted by Gasteiger charge is 2.25. The molecule has 0 unspecified atom stereocenters. The average molecular weight is 258 g/mol. The van der Waals surface area contributed by atoms with Crippen LogP contribution in [0, 0.1) is 0 Å². The second-order valence-electron chi connectivity index (χ2n) is 4.39. The van der Waals surface area contributed by atoms with Crippen LogP contribution in [0.4, 0.5) is 4.79 Å². The normalized spacial score (nSPS) is 11.1. The molecule has 1 amide bonds. The van der Waals surface area contributed by atoms with Gasteiger partial charge in [0.1, 0.15) is 5.75 Å². The Morgan fingerprint density at radius 3 is 2.71 bits per heavy atom. The Kier molecular flexibility index (Phi) is 4.23. The van der Waals surface area contributed by atoms with Gasteiger partial charge in [0.25, 0.3) is 0 Å².